The molecule has 0 saturated carbocycles. The van der Waals surface area contributed by atoms with E-state index >= 15 is 0 Å². The Kier molecular flexibility index (Phi) is 4.86. The van der Waals surface area contributed by atoms with Crippen LogP contribution in [-0.2, 0) is 4.79 Å². The molecule has 0 aromatic carbocycles. The minimum Gasteiger partial charge on any atom is -0.384 e. The van der Waals surface area contributed by atoms with Crippen LogP contribution in [-0.4, -0.2) is 23.2 Å². The Morgan fingerprint density at radius 3 is 2.45 bits per heavy atom. The molecule has 0 aromatic heterocycles. The molecule has 3 nitrogen and oxygen atoms in total. The van der Waals surface area contributed by atoms with E-state index in [9.17, 15) is 4.79 Å². The summed E-state index contributed by atoms with van der Waals surface area (Å²) in [5.41, 5.74) is 0. The summed E-state index contributed by atoms with van der Waals surface area (Å²) in [5.74, 6) is -0.286. The van der Waals surface area contributed by atoms with Gasteiger partial charge in [-0.1, -0.05) is 13.3 Å². The predicted molar refractivity (Wildman–Crippen MR) is 44.2 cm³/mol. The fourth-order valence-electron chi connectivity index (χ4n) is 0.869. The van der Waals surface area contributed by atoms with Crippen molar-refractivity contribution >= 4 is 5.91 Å². The van der Waals surface area contributed by atoms with Crippen LogP contribution < -0.4 is 5.32 Å². The first-order valence-electron chi connectivity index (χ1n) is 4.06. The highest BCUT2D eigenvalue weighted by molar-refractivity contribution is 5.80. The second kappa shape index (κ2) is 5.13. The van der Waals surface area contributed by atoms with Crippen molar-refractivity contribution in [1.82, 2.24) is 5.32 Å². The van der Waals surface area contributed by atoms with Crippen LogP contribution in [0.4, 0.5) is 0 Å². The third kappa shape index (κ3) is 4.79. The number of rotatable bonds is 4. The first kappa shape index (κ1) is 10.4. The summed E-state index contributed by atoms with van der Waals surface area (Å²) in [5, 5.41) is 11.5. The van der Waals surface area contributed by atoms with Crippen molar-refractivity contribution < 1.29 is 9.90 Å². The molecule has 0 aliphatic carbocycles. The number of carbonyl (C=O) groups is 1. The van der Waals surface area contributed by atoms with Gasteiger partial charge in [-0.2, -0.15) is 0 Å². The van der Waals surface area contributed by atoms with Gasteiger partial charge in [-0.05, 0) is 20.3 Å². The highest BCUT2D eigenvalue weighted by Crippen LogP contribution is 1.95. The van der Waals surface area contributed by atoms with E-state index in [1.54, 1.807) is 0 Å². The lowest BCUT2D eigenvalue weighted by molar-refractivity contribution is -0.129. The molecule has 0 saturated heterocycles. The van der Waals surface area contributed by atoms with Crippen molar-refractivity contribution in [2.45, 2.75) is 45.8 Å². The molecule has 0 aromatic rings. The number of aliphatic hydroxyl groups excluding tert-OH is 1. The Bertz CT molecular complexity index is 123. The van der Waals surface area contributed by atoms with Gasteiger partial charge in [-0.15, -0.1) is 0 Å². The molecule has 3 heteroatoms. The van der Waals surface area contributed by atoms with E-state index in [1.165, 1.54) is 6.92 Å². The molecule has 0 aliphatic rings. The van der Waals surface area contributed by atoms with E-state index in [1.807, 2.05) is 6.92 Å². The van der Waals surface area contributed by atoms with Crippen molar-refractivity contribution in [1.29, 1.82) is 0 Å². The molecule has 1 amide bonds. The number of nitrogens with one attached hydrogen (secondary N) is 1. The number of amides is 1. The summed E-state index contributed by atoms with van der Waals surface area (Å²) in [6, 6.07) is 0.169. The van der Waals surface area contributed by atoms with Crippen LogP contribution in [0.2, 0.25) is 0 Å². The Balaban J connectivity index is 3.57. The first-order chi connectivity index (χ1) is 5.07. The zero-order valence-electron chi connectivity index (χ0n) is 7.42. The van der Waals surface area contributed by atoms with Crippen LogP contribution in [0.5, 0.6) is 0 Å². The van der Waals surface area contributed by atoms with E-state index in [-0.39, 0.29) is 11.9 Å². The van der Waals surface area contributed by atoms with E-state index in [2.05, 4.69) is 12.2 Å². The lowest BCUT2D eigenvalue weighted by Crippen LogP contribution is -2.38. The van der Waals surface area contributed by atoms with Gasteiger partial charge in [0.2, 0.25) is 5.91 Å². The van der Waals surface area contributed by atoms with Crippen molar-refractivity contribution in [2.75, 3.05) is 0 Å². The SMILES string of the molecule is CCCC(C)NC(=O)C(C)O. The zero-order chi connectivity index (χ0) is 8.85. The third-order valence-electron chi connectivity index (χ3n) is 1.49. The van der Waals surface area contributed by atoms with Crippen LogP contribution in [0, 0.1) is 0 Å². The smallest absolute Gasteiger partial charge is 0.248 e. The summed E-state index contributed by atoms with van der Waals surface area (Å²) in [7, 11) is 0. The zero-order valence-corrected chi connectivity index (χ0v) is 7.42. The summed E-state index contributed by atoms with van der Waals surface area (Å²) >= 11 is 0. The summed E-state index contributed by atoms with van der Waals surface area (Å²) in [4.78, 5) is 10.9. The average Bonchev–Trinajstić information content (AvgIpc) is 1.87. The Labute approximate surface area is 67.8 Å². The third-order valence-corrected chi connectivity index (χ3v) is 1.49. The fraction of sp³-hybridized carbons (Fsp3) is 0.875. The Morgan fingerprint density at radius 1 is 1.55 bits per heavy atom. The topological polar surface area (TPSA) is 49.3 Å². The summed E-state index contributed by atoms with van der Waals surface area (Å²) in [6.07, 6.45) is 1.11. The van der Waals surface area contributed by atoms with Crippen molar-refractivity contribution in [3.8, 4) is 0 Å². The van der Waals surface area contributed by atoms with E-state index in [4.69, 9.17) is 5.11 Å². The van der Waals surface area contributed by atoms with E-state index in [0.717, 1.165) is 12.8 Å². The molecule has 0 spiro atoms. The highest BCUT2D eigenvalue weighted by atomic mass is 16.3. The molecule has 2 unspecified atom stereocenters. The van der Waals surface area contributed by atoms with Crippen molar-refractivity contribution in [2.24, 2.45) is 0 Å². The summed E-state index contributed by atoms with van der Waals surface area (Å²) in [6.45, 7) is 5.46. The molecule has 2 atom stereocenters. The molecule has 0 heterocycles. The molecule has 0 bridgehead atoms. The quantitative estimate of drug-likeness (QED) is 0.633. The maximum atomic E-state index is 10.9. The second-order valence-corrected chi connectivity index (χ2v) is 2.87. The molecule has 66 valence electrons. The van der Waals surface area contributed by atoms with Gasteiger partial charge in [0.15, 0.2) is 0 Å². The van der Waals surface area contributed by atoms with Crippen LogP contribution >= 0.6 is 0 Å². The average molecular weight is 159 g/mol. The number of hydrogen-bond acceptors (Lipinski definition) is 2. The van der Waals surface area contributed by atoms with Crippen molar-refractivity contribution in [3.63, 3.8) is 0 Å². The Morgan fingerprint density at radius 2 is 2.09 bits per heavy atom. The predicted octanol–water partition coefficient (Wildman–Crippen LogP) is 0.672. The van der Waals surface area contributed by atoms with Gasteiger partial charge in [0.05, 0.1) is 0 Å². The number of hydrogen-bond donors (Lipinski definition) is 2. The van der Waals surface area contributed by atoms with Gasteiger partial charge < -0.3 is 10.4 Å². The number of aliphatic hydroxyl groups is 1. The van der Waals surface area contributed by atoms with E-state index in [0.29, 0.717) is 0 Å². The van der Waals surface area contributed by atoms with Crippen molar-refractivity contribution in [3.05, 3.63) is 0 Å². The maximum absolute atomic E-state index is 10.9. The minimum atomic E-state index is -0.894. The van der Waals surface area contributed by atoms with Crippen LogP contribution in [0.3, 0.4) is 0 Å². The van der Waals surface area contributed by atoms with Crippen LogP contribution in [0.1, 0.15) is 33.6 Å². The Hall–Kier alpha value is -0.570. The van der Waals surface area contributed by atoms with Gasteiger partial charge in [0.25, 0.3) is 0 Å². The van der Waals surface area contributed by atoms with Gasteiger partial charge in [0.1, 0.15) is 6.10 Å². The van der Waals surface area contributed by atoms with Crippen LogP contribution in [0.15, 0.2) is 0 Å². The molecular formula is C8H17NO2. The maximum Gasteiger partial charge on any atom is 0.248 e. The molecule has 0 radical (unpaired) electrons. The number of carbonyl (C=O) groups excluding carboxylic acids is 1. The molecule has 0 aliphatic heterocycles. The highest BCUT2D eigenvalue weighted by Gasteiger charge is 2.10. The monoisotopic (exact) mass is 159 g/mol. The lowest BCUT2D eigenvalue weighted by atomic mass is 10.2. The molecule has 2 N–H and O–H groups in total. The van der Waals surface area contributed by atoms with Gasteiger partial charge in [0, 0.05) is 6.04 Å². The van der Waals surface area contributed by atoms with E-state index < -0.39 is 6.10 Å². The molecular weight excluding hydrogens is 142 g/mol. The molecule has 11 heavy (non-hydrogen) atoms. The first-order valence-corrected chi connectivity index (χ1v) is 4.06. The van der Waals surface area contributed by atoms with Crippen LogP contribution in [0.25, 0.3) is 0 Å². The second-order valence-electron chi connectivity index (χ2n) is 2.87. The van der Waals surface area contributed by atoms with Gasteiger partial charge in [-0.25, -0.2) is 0 Å². The largest absolute Gasteiger partial charge is 0.384 e. The normalized spacial score (nSPS) is 15.6. The summed E-state index contributed by atoms with van der Waals surface area (Å²) < 4.78 is 0. The fourth-order valence-corrected chi connectivity index (χ4v) is 0.869. The van der Waals surface area contributed by atoms with Gasteiger partial charge >= 0.3 is 0 Å². The lowest BCUT2D eigenvalue weighted by Gasteiger charge is -2.13. The molecule has 0 rings (SSSR count). The standard InChI is InChI=1S/C8H17NO2/c1-4-5-6(2)9-8(11)7(3)10/h6-7,10H,4-5H2,1-3H3,(H,9,11). The minimum absolute atomic E-state index is 0.169. The molecule has 0 fully saturated rings. The van der Waals surface area contributed by atoms with Gasteiger partial charge in [-0.3, -0.25) is 4.79 Å².